The molecule has 15 nitrogen and oxygen atoms in total. The lowest BCUT2D eigenvalue weighted by atomic mass is 9.99. The van der Waals surface area contributed by atoms with Crippen molar-refractivity contribution in [3.8, 4) is 39.5 Å². The van der Waals surface area contributed by atoms with Crippen LogP contribution >= 0.6 is 0 Å². The SMILES string of the molecule is COc1ccc(-c2ccc(NC(=O)Nc3ccc4c(c3)OCO4)cc2)c2c(N)noc12.Cc1cccc(NC(=O)Nc2ccc(-c3ccc(C)c4onc(N)c34)cc2)c1. The highest BCUT2D eigenvalue weighted by Gasteiger charge is 2.18. The Bertz CT molecular complexity index is 2830. The number of nitrogen functional groups attached to an aromatic ring is 2. The lowest BCUT2D eigenvalue weighted by Gasteiger charge is -2.10. The van der Waals surface area contributed by atoms with E-state index in [1.54, 1.807) is 43.5 Å². The van der Waals surface area contributed by atoms with Gasteiger partial charge in [0.2, 0.25) is 12.4 Å². The quantitative estimate of drug-likeness (QED) is 0.0893. The molecule has 8 N–H and O–H groups in total. The van der Waals surface area contributed by atoms with E-state index in [-0.39, 0.29) is 24.7 Å². The van der Waals surface area contributed by atoms with Crippen LogP contribution in [0.5, 0.6) is 17.2 Å². The first-order chi connectivity index (χ1) is 28.6. The highest BCUT2D eigenvalue weighted by molar-refractivity contribution is 6.05. The third kappa shape index (κ3) is 8.06. The van der Waals surface area contributed by atoms with Crippen molar-refractivity contribution in [1.82, 2.24) is 10.3 Å². The third-order valence-electron chi connectivity index (χ3n) is 9.49. The Morgan fingerprint density at radius 1 is 0.593 bits per heavy atom. The summed E-state index contributed by atoms with van der Waals surface area (Å²) in [5.41, 5.74) is 21.5. The number of fused-ring (bicyclic) bond motifs is 3. The molecule has 1 aliphatic heterocycles. The van der Waals surface area contributed by atoms with Crippen LogP contribution < -0.4 is 46.9 Å². The van der Waals surface area contributed by atoms with Crippen LogP contribution in [0, 0.1) is 13.8 Å². The number of carbonyl (C=O) groups is 2. The Hall–Kier alpha value is -8.20. The number of urea groups is 2. The average molecular weight is 791 g/mol. The predicted octanol–water partition coefficient (Wildman–Crippen LogP) is 9.80. The number of benzene rings is 6. The Labute approximate surface area is 337 Å². The van der Waals surface area contributed by atoms with Crippen molar-refractivity contribution < 1.29 is 32.8 Å². The Morgan fingerprint density at radius 3 is 1.73 bits per heavy atom. The number of anilines is 6. The summed E-state index contributed by atoms with van der Waals surface area (Å²) in [6.07, 6.45) is 0. The number of carbonyl (C=O) groups excluding carboxylic acids is 2. The topological polar surface area (TPSA) is 214 Å². The molecule has 0 saturated carbocycles. The summed E-state index contributed by atoms with van der Waals surface area (Å²) in [6.45, 7) is 4.11. The van der Waals surface area contributed by atoms with Gasteiger partial charge < -0.3 is 56.0 Å². The molecule has 2 aromatic heterocycles. The number of methoxy groups -OCH3 is 1. The standard InChI is InChI=1S/C22H18N4O5.C22H20N4O2/c1-28-17-9-7-15(19-20(17)31-26-21(19)23)12-2-4-13(5-3-12)24-22(27)25-14-6-8-16-18(10-14)30-11-29-16;1-13-4-3-5-17(12-13)25-22(27)24-16-9-7-15(8-10-16)18-11-6-14(2)20-19(18)21(23)26-28-20/h2-10H,11H2,1H3,(H2,23,26)(H2,24,25,27);3-12H,1-2H3,(H2,23,26)(H2,24,25,27). The minimum atomic E-state index is -0.373. The van der Waals surface area contributed by atoms with E-state index in [1.165, 1.54) is 0 Å². The van der Waals surface area contributed by atoms with Gasteiger partial charge >= 0.3 is 12.1 Å². The number of rotatable bonds is 7. The highest BCUT2D eigenvalue weighted by atomic mass is 16.7. The molecular weight excluding hydrogens is 753 g/mol. The molecule has 0 fully saturated rings. The largest absolute Gasteiger partial charge is 0.493 e. The molecule has 0 atom stereocenters. The van der Waals surface area contributed by atoms with E-state index in [9.17, 15) is 9.59 Å². The van der Waals surface area contributed by atoms with E-state index in [4.69, 9.17) is 34.7 Å². The fourth-order valence-electron chi connectivity index (χ4n) is 6.64. The lowest BCUT2D eigenvalue weighted by Crippen LogP contribution is -2.19. The average Bonchev–Trinajstić information content (AvgIpc) is 3.98. The molecule has 6 aromatic carbocycles. The van der Waals surface area contributed by atoms with E-state index in [0.29, 0.717) is 56.7 Å². The minimum absolute atomic E-state index is 0.179. The number of hydrogen-bond acceptors (Lipinski definition) is 11. The number of amides is 4. The molecule has 0 aliphatic carbocycles. The van der Waals surface area contributed by atoms with Crippen LogP contribution in [0.2, 0.25) is 0 Å². The smallest absolute Gasteiger partial charge is 0.323 e. The zero-order valence-corrected chi connectivity index (χ0v) is 32.1. The van der Waals surface area contributed by atoms with E-state index in [2.05, 4.69) is 31.6 Å². The van der Waals surface area contributed by atoms with Crippen LogP contribution in [-0.4, -0.2) is 36.3 Å². The van der Waals surface area contributed by atoms with Crippen LogP contribution in [0.25, 0.3) is 44.2 Å². The van der Waals surface area contributed by atoms with Crippen molar-refractivity contribution in [3.05, 3.63) is 126 Å². The molecule has 3 heterocycles. The summed E-state index contributed by atoms with van der Waals surface area (Å²) in [7, 11) is 1.56. The van der Waals surface area contributed by atoms with Gasteiger partial charge in [0.05, 0.1) is 17.9 Å². The molecule has 0 saturated heterocycles. The summed E-state index contributed by atoms with van der Waals surface area (Å²) in [5, 5.41) is 20.4. The number of aryl methyl sites for hydroxylation is 2. The zero-order chi connectivity index (χ0) is 41.0. The maximum atomic E-state index is 12.3. The van der Waals surface area contributed by atoms with Crippen LogP contribution in [0.3, 0.4) is 0 Å². The minimum Gasteiger partial charge on any atom is -0.493 e. The van der Waals surface area contributed by atoms with Gasteiger partial charge in [-0.3, -0.25) is 0 Å². The summed E-state index contributed by atoms with van der Waals surface area (Å²) in [6, 6.07) is 34.8. The van der Waals surface area contributed by atoms with Gasteiger partial charge in [0, 0.05) is 28.8 Å². The molecule has 0 unspecified atom stereocenters. The third-order valence-corrected chi connectivity index (χ3v) is 9.49. The summed E-state index contributed by atoms with van der Waals surface area (Å²) in [5.74, 6) is 2.47. The molecule has 0 radical (unpaired) electrons. The van der Waals surface area contributed by atoms with Gasteiger partial charge in [0.25, 0.3) is 0 Å². The van der Waals surface area contributed by atoms with Gasteiger partial charge in [-0.15, -0.1) is 0 Å². The maximum absolute atomic E-state index is 12.3. The Morgan fingerprint density at radius 2 is 1.12 bits per heavy atom. The molecule has 0 spiro atoms. The predicted molar refractivity (Wildman–Crippen MR) is 228 cm³/mol. The molecule has 8 aromatic rings. The molecule has 1 aliphatic rings. The first kappa shape index (κ1) is 37.7. The lowest BCUT2D eigenvalue weighted by molar-refractivity contribution is 0.174. The van der Waals surface area contributed by atoms with E-state index >= 15 is 0 Å². The van der Waals surface area contributed by atoms with Gasteiger partial charge in [0.1, 0.15) is 0 Å². The first-order valence-corrected chi connectivity index (χ1v) is 18.3. The normalized spacial score (nSPS) is 11.4. The molecule has 4 amide bonds. The first-order valence-electron chi connectivity index (χ1n) is 18.3. The molecular formula is C44H38N8O7. The van der Waals surface area contributed by atoms with Crippen molar-refractivity contribution in [2.75, 3.05) is 46.6 Å². The second kappa shape index (κ2) is 16.1. The molecule has 9 rings (SSSR count). The number of nitrogens with two attached hydrogens (primary N) is 2. The number of nitrogens with one attached hydrogen (secondary N) is 4. The fourth-order valence-corrected chi connectivity index (χ4v) is 6.64. The maximum Gasteiger partial charge on any atom is 0.323 e. The van der Waals surface area contributed by atoms with Gasteiger partial charge in [-0.05, 0) is 108 Å². The highest BCUT2D eigenvalue weighted by Crippen LogP contribution is 2.39. The number of hydrogen-bond donors (Lipinski definition) is 6. The Balaban J connectivity index is 0.000000165. The molecule has 59 heavy (non-hydrogen) atoms. The van der Waals surface area contributed by atoms with Gasteiger partial charge in [-0.25, -0.2) is 9.59 Å². The molecule has 296 valence electrons. The summed E-state index contributed by atoms with van der Waals surface area (Å²) in [4.78, 5) is 24.6. The van der Waals surface area contributed by atoms with Gasteiger partial charge in [0.15, 0.2) is 34.5 Å². The van der Waals surface area contributed by atoms with Crippen LogP contribution in [-0.2, 0) is 0 Å². The zero-order valence-electron chi connectivity index (χ0n) is 32.1. The van der Waals surface area contributed by atoms with Crippen molar-refractivity contribution in [2.24, 2.45) is 0 Å². The number of nitrogens with zero attached hydrogens (tertiary/aromatic N) is 2. The van der Waals surface area contributed by atoms with Crippen molar-refractivity contribution >= 4 is 68.4 Å². The van der Waals surface area contributed by atoms with Crippen LogP contribution in [0.15, 0.2) is 124 Å². The van der Waals surface area contributed by atoms with Crippen LogP contribution in [0.1, 0.15) is 11.1 Å². The van der Waals surface area contributed by atoms with Crippen molar-refractivity contribution in [2.45, 2.75) is 13.8 Å². The summed E-state index contributed by atoms with van der Waals surface area (Å²) >= 11 is 0. The van der Waals surface area contributed by atoms with E-state index in [1.807, 2.05) is 92.7 Å². The molecule has 0 bridgehead atoms. The second-order valence-electron chi connectivity index (χ2n) is 13.5. The van der Waals surface area contributed by atoms with Gasteiger partial charge in [-0.2, -0.15) is 0 Å². The van der Waals surface area contributed by atoms with E-state index in [0.717, 1.165) is 44.5 Å². The fraction of sp³-hybridized carbons (Fsp3) is 0.0909. The monoisotopic (exact) mass is 790 g/mol. The summed E-state index contributed by atoms with van der Waals surface area (Å²) < 4.78 is 26.6. The van der Waals surface area contributed by atoms with Gasteiger partial charge in [-0.1, -0.05) is 58.8 Å². The number of ether oxygens (including phenoxy) is 3. The second-order valence-corrected chi connectivity index (χ2v) is 13.5. The van der Waals surface area contributed by atoms with Crippen molar-refractivity contribution in [1.29, 1.82) is 0 Å². The van der Waals surface area contributed by atoms with Crippen molar-refractivity contribution in [3.63, 3.8) is 0 Å². The molecule has 15 heteroatoms. The van der Waals surface area contributed by atoms with Crippen LogP contribution in [0.4, 0.5) is 44.0 Å². The Kier molecular flexibility index (Phi) is 10.3. The number of aromatic nitrogens is 2. The van der Waals surface area contributed by atoms with E-state index < -0.39 is 0 Å².